The summed E-state index contributed by atoms with van der Waals surface area (Å²) in [6.07, 6.45) is 0. The number of hydrogen-bond donors (Lipinski definition) is 2. The van der Waals surface area contributed by atoms with Crippen LogP contribution in [-0.4, -0.2) is 106 Å². The molecule has 2 N–H and O–H groups in total. The average molecular weight is 170 g/mol. The number of hydrogen-bond acceptors (Lipinski definition) is 2. The molecule has 0 aromatic heterocycles. The molecule has 0 spiro atoms. The molecule has 0 aromatic rings. The van der Waals surface area contributed by atoms with Gasteiger partial charge in [-0.2, -0.15) is 8.42 Å². The molecule has 8 heteroatoms. The van der Waals surface area contributed by atoms with E-state index in [-0.39, 0.29) is 88.7 Å². The van der Waals surface area contributed by atoms with Crippen LogP contribution in [-0.2, 0) is 10.4 Å². The van der Waals surface area contributed by atoms with Crippen LogP contribution >= 0.6 is 0 Å². The Balaban J connectivity index is -0.0000000267. The Morgan fingerprint density at radius 3 is 0.875 bits per heavy atom. The van der Waals surface area contributed by atoms with E-state index in [2.05, 4.69) is 0 Å². The third-order valence-electron chi connectivity index (χ3n) is 0. The van der Waals surface area contributed by atoms with Crippen LogP contribution in [0, 0.1) is 0 Å². The van der Waals surface area contributed by atoms with Crippen molar-refractivity contribution in [1.82, 2.24) is 0 Å². The molecule has 0 radical (unpaired) electrons. The van der Waals surface area contributed by atoms with Gasteiger partial charge in [-0.1, -0.05) is 0 Å². The first kappa shape index (κ1) is 22.4. The molecule has 8 heavy (non-hydrogen) atoms. The van der Waals surface area contributed by atoms with Crippen LogP contribution in [0.15, 0.2) is 0 Å². The average Bonchev–Trinajstić information content (AvgIpc) is 0.722. The fourth-order valence-corrected chi connectivity index (χ4v) is 0. The summed E-state index contributed by atoms with van der Waals surface area (Å²) in [5.41, 5.74) is 0. The summed E-state index contributed by atoms with van der Waals surface area (Å²) in [6.45, 7) is 0. The molecular weight excluding hydrogens is 165 g/mol. The summed E-state index contributed by atoms with van der Waals surface area (Å²) >= 11 is 0. The van der Waals surface area contributed by atoms with Gasteiger partial charge in [0.2, 0.25) is 0 Å². The molecule has 0 amide bonds. The maximum atomic E-state index is 8.74. The van der Waals surface area contributed by atoms with E-state index >= 15 is 0 Å². The van der Waals surface area contributed by atoms with E-state index in [1.54, 1.807) is 0 Å². The fourth-order valence-electron chi connectivity index (χ4n) is 0. The Bertz CT molecular complexity index is 94.5. The predicted molar refractivity (Wildman–Crippen MR) is 35.6 cm³/mol. The van der Waals surface area contributed by atoms with Gasteiger partial charge >= 0.3 is 99.1 Å². The van der Waals surface area contributed by atoms with Crippen molar-refractivity contribution in [1.29, 1.82) is 0 Å². The zero-order valence-corrected chi connectivity index (χ0v) is 2.94. The molecule has 0 saturated carbocycles. The summed E-state index contributed by atoms with van der Waals surface area (Å²) in [7, 11) is -4.67. The van der Waals surface area contributed by atoms with Gasteiger partial charge in [-0.25, -0.2) is 0 Å². The Labute approximate surface area is 114 Å². The predicted octanol–water partition coefficient (Wildman–Crippen LogP) is -2.60. The Kier molecular flexibility index (Phi) is 27.7. The first-order chi connectivity index (χ1) is 2.00. The second-order valence-electron chi connectivity index (χ2n) is 0.448. The second kappa shape index (κ2) is 9.87. The molecule has 0 unspecified atom stereocenters. The molecule has 0 aliphatic heterocycles. The molecule has 0 fully saturated rings. The van der Waals surface area contributed by atoms with Gasteiger partial charge in [-0.15, -0.1) is 0 Å². The summed E-state index contributed by atoms with van der Waals surface area (Å²) in [5.74, 6) is 0. The molecular formula is H5Na3O4S. The molecule has 0 heterocycles. The van der Waals surface area contributed by atoms with E-state index in [4.69, 9.17) is 17.5 Å². The van der Waals surface area contributed by atoms with Crippen LogP contribution in [0.2, 0.25) is 0 Å². The zero-order valence-electron chi connectivity index (χ0n) is 2.12. The van der Waals surface area contributed by atoms with E-state index in [0.717, 1.165) is 0 Å². The minimum atomic E-state index is -4.67. The molecule has 0 saturated heterocycles. The SMILES string of the molecule is O=S(=O)(O)O.[NaH].[NaH].[NaH]. The first-order valence-corrected chi connectivity index (χ1v) is 2.10. The van der Waals surface area contributed by atoms with Gasteiger partial charge in [0.1, 0.15) is 0 Å². The molecule has 0 rings (SSSR count). The van der Waals surface area contributed by atoms with Crippen LogP contribution in [0.1, 0.15) is 0 Å². The van der Waals surface area contributed by atoms with Gasteiger partial charge in [0.05, 0.1) is 0 Å². The molecule has 0 aromatic carbocycles. The topological polar surface area (TPSA) is 74.6 Å². The zero-order chi connectivity index (χ0) is 4.50. The Hall–Kier alpha value is 2.87. The standard InChI is InChI=1S/3Na.H2O4S.3H/c;;;1-5(2,3)4;;;/h;;;(H2,1,2,3,4);;;. The van der Waals surface area contributed by atoms with E-state index < -0.39 is 10.4 Å². The summed E-state index contributed by atoms with van der Waals surface area (Å²) < 4.78 is 31.6. The van der Waals surface area contributed by atoms with Gasteiger partial charge in [-0.05, 0) is 0 Å². The van der Waals surface area contributed by atoms with Gasteiger partial charge in [0.25, 0.3) is 0 Å². The van der Waals surface area contributed by atoms with Crippen molar-refractivity contribution in [3.8, 4) is 0 Å². The van der Waals surface area contributed by atoms with E-state index in [9.17, 15) is 0 Å². The maximum absolute atomic E-state index is 8.74. The number of rotatable bonds is 0. The van der Waals surface area contributed by atoms with Gasteiger partial charge in [0.15, 0.2) is 0 Å². The molecule has 0 aliphatic rings. The van der Waals surface area contributed by atoms with Crippen LogP contribution in [0.25, 0.3) is 0 Å². The molecule has 38 valence electrons. The normalized spacial score (nSPS) is 7.25. The van der Waals surface area contributed by atoms with Crippen molar-refractivity contribution in [2.45, 2.75) is 0 Å². The van der Waals surface area contributed by atoms with Crippen LogP contribution < -0.4 is 0 Å². The molecule has 0 bridgehead atoms. The van der Waals surface area contributed by atoms with Gasteiger partial charge in [-0.3, -0.25) is 9.11 Å². The van der Waals surface area contributed by atoms with Crippen LogP contribution in [0.3, 0.4) is 0 Å². The molecule has 4 nitrogen and oxygen atoms in total. The second-order valence-corrected chi connectivity index (χ2v) is 1.34. The van der Waals surface area contributed by atoms with Crippen molar-refractivity contribution in [2.24, 2.45) is 0 Å². The van der Waals surface area contributed by atoms with E-state index in [1.807, 2.05) is 0 Å². The Morgan fingerprint density at radius 1 is 0.875 bits per heavy atom. The van der Waals surface area contributed by atoms with E-state index in [0.29, 0.717) is 0 Å². The third kappa shape index (κ3) is 66.7. The van der Waals surface area contributed by atoms with Crippen LogP contribution in [0.5, 0.6) is 0 Å². The van der Waals surface area contributed by atoms with Crippen molar-refractivity contribution in [2.75, 3.05) is 0 Å². The first-order valence-electron chi connectivity index (χ1n) is 0.698. The Morgan fingerprint density at radius 2 is 0.875 bits per heavy atom. The van der Waals surface area contributed by atoms with Gasteiger partial charge in [0, 0.05) is 0 Å². The van der Waals surface area contributed by atoms with Crippen LogP contribution in [0.4, 0.5) is 0 Å². The minimum absolute atomic E-state index is 0. The summed E-state index contributed by atoms with van der Waals surface area (Å²) in [4.78, 5) is 0. The molecule has 0 aliphatic carbocycles. The summed E-state index contributed by atoms with van der Waals surface area (Å²) in [6, 6.07) is 0. The quantitative estimate of drug-likeness (QED) is 0.309. The van der Waals surface area contributed by atoms with Gasteiger partial charge < -0.3 is 0 Å². The van der Waals surface area contributed by atoms with E-state index in [1.165, 1.54) is 0 Å². The van der Waals surface area contributed by atoms with Crippen molar-refractivity contribution < 1.29 is 17.5 Å². The van der Waals surface area contributed by atoms with Crippen molar-refractivity contribution in [3.63, 3.8) is 0 Å². The van der Waals surface area contributed by atoms with Crippen molar-refractivity contribution >= 4 is 99.1 Å². The summed E-state index contributed by atoms with van der Waals surface area (Å²) in [5, 5.41) is 0. The van der Waals surface area contributed by atoms with Crippen molar-refractivity contribution in [3.05, 3.63) is 0 Å². The molecule has 0 atom stereocenters. The fraction of sp³-hybridized carbons (Fsp3) is 0. The third-order valence-corrected chi connectivity index (χ3v) is 0. The monoisotopic (exact) mass is 170 g/mol.